The maximum Gasteiger partial charge on any atom is 0.276 e. The lowest BCUT2D eigenvalue weighted by Crippen LogP contribution is -2.21. The Labute approximate surface area is 632 Å². The van der Waals surface area contributed by atoms with E-state index in [0.29, 0.717) is 16.8 Å². The largest absolute Gasteiger partial charge is 0.276 e. The van der Waals surface area contributed by atoms with Gasteiger partial charge in [-0.1, -0.05) is 303 Å². The van der Waals surface area contributed by atoms with Gasteiger partial charge >= 0.3 is 0 Å². The molecule has 9 rings (SSSR count). The summed E-state index contributed by atoms with van der Waals surface area (Å²) in [7, 11) is -4.06. The molecule has 105 heavy (non-hydrogen) atoms. The quantitative estimate of drug-likeness (QED) is 0.106. The Kier molecular flexibility index (Phi) is 22.9. The second-order valence-electron chi connectivity index (χ2n) is 36.3. The number of rotatable bonds is 5. The van der Waals surface area contributed by atoms with E-state index in [-0.39, 0.29) is 48.2 Å². The molecule has 0 aromatic heterocycles. The number of aryl methyl sites for hydroxylation is 1. The van der Waals surface area contributed by atoms with Crippen LogP contribution in [0.5, 0.6) is 0 Å². The molecule has 0 aliphatic carbocycles. The van der Waals surface area contributed by atoms with Crippen LogP contribution in [-0.2, 0) is 53.3 Å². The Morgan fingerprint density at radius 3 is 0.619 bits per heavy atom. The molecular formula is C100H106N2O2S. The average molecular weight is 1400 g/mol. The predicted octanol–water partition coefficient (Wildman–Crippen LogP) is 22.5. The molecule has 0 radical (unpaired) electrons. The number of nitrogens with zero attached hydrogens (tertiary/aromatic N) is 1. The molecule has 0 unspecified atom stereocenters. The van der Waals surface area contributed by atoms with Gasteiger partial charge in [0.25, 0.3) is 10.0 Å². The number of hydrogen-bond acceptors (Lipinski definition) is 3. The van der Waals surface area contributed by atoms with E-state index in [4.69, 9.17) is 0 Å². The van der Waals surface area contributed by atoms with Crippen molar-refractivity contribution in [2.75, 3.05) is 0 Å². The summed E-state index contributed by atoms with van der Waals surface area (Å²) in [6, 6.07) is 61.2. The third kappa shape index (κ3) is 21.9. The van der Waals surface area contributed by atoms with E-state index >= 15 is 0 Å². The molecule has 0 fully saturated rings. The van der Waals surface area contributed by atoms with Crippen LogP contribution in [0.2, 0.25) is 0 Å². The van der Waals surface area contributed by atoms with Crippen LogP contribution in [0, 0.1) is 78.0 Å². The van der Waals surface area contributed by atoms with Crippen LogP contribution in [0.25, 0.3) is 0 Å². The lowest BCUT2D eigenvalue weighted by Gasteiger charge is -2.25. The summed E-state index contributed by atoms with van der Waals surface area (Å²) in [5.41, 5.74) is 22.2. The Hall–Kier alpha value is -10.2. The predicted molar refractivity (Wildman–Crippen MR) is 444 cm³/mol. The van der Waals surface area contributed by atoms with Gasteiger partial charge in [-0.05, 0) is 216 Å². The normalized spacial score (nSPS) is 12.0. The highest BCUT2D eigenvalue weighted by molar-refractivity contribution is 7.89. The van der Waals surface area contributed by atoms with Gasteiger partial charge < -0.3 is 0 Å². The fraction of sp³-hybridized carbons (Fsp3) is 0.330. The van der Waals surface area contributed by atoms with E-state index in [1.54, 1.807) is 24.3 Å². The topological polar surface area (TPSA) is 58.5 Å². The van der Waals surface area contributed by atoms with E-state index in [1.165, 1.54) is 44.5 Å². The lowest BCUT2D eigenvalue weighted by atomic mass is 9.79. The standard InChI is InChI=1S/C100H106N2O2S/c1-68-26-48-91(49-27-68)105(103,104)102-101-92(81-44-40-69(41-45-81)28-30-71-50-73(32-36-77-56-83(93(2,3)4)64-84(57-77)94(5,6)7)54-74(51-71)33-37-78-58-85(95(8,9)10)65-86(59-78)96(11,12)13)82-46-42-70(43-47-82)29-31-72-52-75(34-38-79-60-87(97(14,15)16)66-88(61-79)98(17,18)19)55-76(53-72)35-39-80-62-89(99(20,21)22)67-90(63-80)100(23,24)25/h26-27,40-67,102H,1-25H3. The van der Waals surface area contributed by atoms with Crippen LogP contribution in [0.1, 0.15) is 294 Å². The fourth-order valence-electron chi connectivity index (χ4n) is 11.4. The van der Waals surface area contributed by atoms with E-state index in [9.17, 15) is 8.42 Å². The summed E-state index contributed by atoms with van der Waals surface area (Å²) in [5, 5.41) is 4.67. The summed E-state index contributed by atoms with van der Waals surface area (Å²) in [5.74, 6) is 42.0. The van der Waals surface area contributed by atoms with Crippen LogP contribution in [-0.4, -0.2) is 14.1 Å². The minimum Gasteiger partial charge on any atom is -0.200 e. The van der Waals surface area contributed by atoms with Crippen LogP contribution in [0.3, 0.4) is 0 Å². The summed E-state index contributed by atoms with van der Waals surface area (Å²) in [6.45, 7) is 55.7. The smallest absolute Gasteiger partial charge is 0.200 e. The Bertz CT molecular complexity index is 4700. The molecule has 0 amide bonds. The maximum atomic E-state index is 13.9. The number of benzene rings is 9. The van der Waals surface area contributed by atoms with Gasteiger partial charge in [-0.2, -0.15) is 18.4 Å². The Morgan fingerprint density at radius 1 is 0.248 bits per heavy atom. The van der Waals surface area contributed by atoms with Crippen molar-refractivity contribution in [2.24, 2.45) is 5.10 Å². The van der Waals surface area contributed by atoms with Crippen molar-refractivity contribution in [3.8, 4) is 71.0 Å². The molecule has 0 heterocycles. The number of hydrazone groups is 1. The monoisotopic (exact) mass is 1400 g/mol. The van der Waals surface area contributed by atoms with Gasteiger partial charge in [0.15, 0.2) is 0 Å². The van der Waals surface area contributed by atoms with Gasteiger partial charge in [0, 0.05) is 77.9 Å². The first-order valence-corrected chi connectivity index (χ1v) is 38.0. The minimum atomic E-state index is -4.06. The molecule has 0 atom stereocenters. The molecule has 4 nitrogen and oxygen atoms in total. The maximum absolute atomic E-state index is 13.9. The highest BCUT2D eigenvalue weighted by Gasteiger charge is 2.25. The lowest BCUT2D eigenvalue weighted by molar-refractivity contribution is 0.567. The molecule has 0 saturated heterocycles. The summed E-state index contributed by atoms with van der Waals surface area (Å²) in [4.78, 5) is 2.65. The van der Waals surface area contributed by atoms with Gasteiger partial charge in [-0.15, -0.1) is 0 Å². The number of nitrogens with one attached hydrogen (secondary N) is 1. The van der Waals surface area contributed by atoms with Gasteiger partial charge in [-0.25, -0.2) is 0 Å². The second-order valence-corrected chi connectivity index (χ2v) is 38.0. The fourth-order valence-corrected chi connectivity index (χ4v) is 12.2. The van der Waals surface area contributed by atoms with Crippen molar-refractivity contribution in [1.29, 1.82) is 0 Å². The van der Waals surface area contributed by atoms with E-state index < -0.39 is 10.0 Å². The number of hydrogen-bond donors (Lipinski definition) is 1. The van der Waals surface area contributed by atoms with Crippen molar-refractivity contribution < 1.29 is 8.42 Å². The molecule has 0 bridgehead atoms. The van der Waals surface area contributed by atoms with Crippen molar-refractivity contribution in [3.05, 3.63) is 310 Å². The molecule has 9 aromatic rings. The first-order valence-electron chi connectivity index (χ1n) is 36.5. The van der Waals surface area contributed by atoms with Crippen LogP contribution >= 0.6 is 0 Å². The first-order chi connectivity index (χ1) is 48.6. The third-order valence-electron chi connectivity index (χ3n) is 18.6. The zero-order valence-electron chi connectivity index (χ0n) is 67.0. The molecule has 534 valence electrons. The summed E-state index contributed by atoms with van der Waals surface area (Å²) in [6.07, 6.45) is 0. The summed E-state index contributed by atoms with van der Waals surface area (Å²) < 4.78 is 27.8. The van der Waals surface area contributed by atoms with E-state index in [1.807, 2.05) is 79.7 Å². The third-order valence-corrected chi connectivity index (χ3v) is 19.8. The average Bonchev–Trinajstić information content (AvgIpc) is 0.815. The summed E-state index contributed by atoms with van der Waals surface area (Å²) >= 11 is 0. The van der Waals surface area contributed by atoms with Gasteiger partial charge in [0.05, 0.1) is 10.6 Å². The molecule has 0 spiro atoms. The molecular weight excluding hydrogens is 1290 g/mol. The van der Waals surface area contributed by atoms with Crippen LogP contribution in [0.15, 0.2) is 192 Å². The van der Waals surface area contributed by atoms with Gasteiger partial charge in [0.2, 0.25) is 0 Å². The highest BCUT2D eigenvalue weighted by atomic mass is 32.2. The van der Waals surface area contributed by atoms with E-state index in [0.717, 1.165) is 72.3 Å². The Morgan fingerprint density at radius 2 is 0.429 bits per heavy atom. The SMILES string of the molecule is Cc1ccc(S(=O)(=O)NN=C(c2ccc(C#Cc3cc(C#Cc4cc(C(C)(C)C)cc(C(C)(C)C)c4)cc(C#Cc4cc(C(C)(C)C)cc(C(C)(C)C)c4)c3)cc2)c2ccc(C#Cc3cc(C#Cc4cc(C(C)(C)C)cc(C(C)(C)C)c4)cc(C#Cc4cc(C(C)(C)C)cc(C(C)(C)C)c4)c3)cc2)cc1. The zero-order chi connectivity index (χ0) is 77.0. The van der Waals surface area contributed by atoms with Crippen molar-refractivity contribution in [3.63, 3.8) is 0 Å². The van der Waals surface area contributed by atoms with Gasteiger partial charge in [-0.3, -0.25) is 0 Å². The molecule has 9 aromatic carbocycles. The molecule has 0 saturated carbocycles. The number of sulfonamides is 1. The molecule has 0 aliphatic rings. The van der Waals surface area contributed by atoms with Crippen molar-refractivity contribution in [1.82, 2.24) is 4.83 Å². The van der Waals surface area contributed by atoms with Crippen LogP contribution < -0.4 is 4.83 Å². The Balaban J connectivity index is 1.10. The van der Waals surface area contributed by atoms with Crippen LogP contribution in [0.4, 0.5) is 0 Å². The first kappa shape index (κ1) is 78.9. The van der Waals surface area contributed by atoms with Crippen molar-refractivity contribution >= 4 is 15.7 Å². The van der Waals surface area contributed by atoms with Crippen molar-refractivity contribution in [2.45, 2.75) is 221 Å². The zero-order valence-corrected chi connectivity index (χ0v) is 67.8. The molecule has 0 aliphatic heterocycles. The minimum absolute atomic E-state index is 0.0617. The molecule has 1 N–H and O–H groups in total. The molecule has 5 heteroatoms. The van der Waals surface area contributed by atoms with Gasteiger partial charge in [0.1, 0.15) is 0 Å². The van der Waals surface area contributed by atoms with E-state index in [2.05, 4.69) is 332 Å². The highest BCUT2D eigenvalue weighted by Crippen LogP contribution is 2.35. The second kappa shape index (κ2) is 30.5.